The molecule has 0 aliphatic carbocycles. The molecule has 0 aliphatic heterocycles. The summed E-state index contributed by atoms with van der Waals surface area (Å²) >= 11 is 0. The van der Waals surface area contributed by atoms with E-state index in [1.165, 1.54) is 173 Å². The first-order valence-electron chi connectivity index (χ1n) is 39.2. The summed E-state index contributed by atoms with van der Waals surface area (Å²) in [4.78, 5) is 72.9. The van der Waals surface area contributed by atoms with Crippen molar-refractivity contribution in [3.8, 4) is 0 Å². The maximum absolute atomic E-state index is 13.1. The van der Waals surface area contributed by atoms with Crippen molar-refractivity contribution in [3.63, 3.8) is 0 Å². The van der Waals surface area contributed by atoms with E-state index in [0.29, 0.717) is 25.7 Å². The molecule has 0 aromatic heterocycles. The SMILES string of the molecule is CC/C=C\C/C=C\C/C=C\CCCCCCCC(=O)OCC(COP(=O)(O)OCC(O)COP(=O)(O)OCC(COC(=O)CCCCCCCCCCCCCCC)OC(=O)CCCCCCCCCCCCCCC)OC(=O)CCCCCCCCCCCCCCCCC. The van der Waals surface area contributed by atoms with Gasteiger partial charge in [-0.2, -0.15) is 0 Å². The molecule has 0 radical (unpaired) electrons. The topological polar surface area (TPSA) is 237 Å². The Bertz CT molecular complexity index is 1970. The molecular weight excluding hydrogens is 1260 g/mol. The summed E-state index contributed by atoms with van der Waals surface area (Å²) < 4.78 is 68.5. The minimum Gasteiger partial charge on any atom is -0.462 e. The van der Waals surface area contributed by atoms with Gasteiger partial charge in [0.2, 0.25) is 0 Å². The maximum atomic E-state index is 13.1. The van der Waals surface area contributed by atoms with Crippen LogP contribution >= 0.6 is 15.6 Å². The molecule has 17 nitrogen and oxygen atoms in total. The minimum absolute atomic E-state index is 0.0999. The smallest absolute Gasteiger partial charge is 0.462 e. The molecule has 96 heavy (non-hydrogen) atoms. The predicted octanol–water partition coefficient (Wildman–Crippen LogP) is 22.3. The van der Waals surface area contributed by atoms with E-state index in [-0.39, 0.29) is 25.7 Å². The number of aliphatic hydroxyl groups is 1. The Morgan fingerprint density at radius 2 is 0.542 bits per heavy atom. The van der Waals surface area contributed by atoms with Crippen molar-refractivity contribution in [2.75, 3.05) is 39.6 Å². The molecule has 0 fully saturated rings. The van der Waals surface area contributed by atoms with Gasteiger partial charge < -0.3 is 33.8 Å². The third kappa shape index (κ3) is 69.7. The Balaban J connectivity index is 5.30. The lowest BCUT2D eigenvalue weighted by Crippen LogP contribution is -2.30. The van der Waals surface area contributed by atoms with Gasteiger partial charge in [-0.05, 0) is 57.8 Å². The number of phosphoric acid groups is 2. The molecule has 19 heteroatoms. The second-order valence-corrected chi connectivity index (χ2v) is 29.6. The van der Waals surface area contributed by atoms with E-state index < -0.39 is 97.5 Å². The van der Waals surface area contributed by atoms with Crippen molar-refractivity contribution in [1.82, 2.24) is 0 Å². The molecule has 0 amide bonds. The monoisotopic (exact) mass is 1400 g/mol. The Morgan fingerprint density at radius 1 is 0.302 bits per heavy atom. The molecule has 0 spiro atoms. The number of phosphoric ester groups is 2. The van der Waals surface area contributed by atoms with Crippen LogP contribution in [0.2, 0.25) is 0 Å². The highest BCUT2D eigenvalue weighted by Crippen LogP contribution is 2.45. The zero-order chi connectivity index (χ0) is 70.4. The molecule has 0 rings (SSSR count). The van der Waals surface area contributed by atoms with Gasteiger partial charge in [-0.25, -0.2) is 9.13 Å². The van der Waals surface area contributed by atoms with Gasteiger partial charge in [0.15, 0.2) is 12.2 Å². The van der Waals surface area contributed by atoms with Crippen molar-refractivity contribution >= 4 is 39.5 Å². The summed E-state index contributed by atoms with van der Waals surface area (Å²) in [7, 11) is -9.93. The molecule has 0 aliphatic rings. The summed E-state index contributed by atoms with van der Waals surface area (Å²) in [5.41, 5.74) is 0. The van der Waals surface area contributed by atoms with Gasteiger partial charge in [-0.1, -0.05) is 327 Å². The van der Waals surface area contributed by atoms with Crippen molar-refractivity contribution in [2.24, 2.45) is 0 Å². The fourth-order valence-electron chi connectivity index (χ4n) is 11.2. The highest BCUT2D eigenvalue weighted by molar-refractivity contribution is 7.47. The largest absolute Gasteiger partial charge is 0.472 e. The van der Waals surface area contributed by atoms with Gasteiger partial charge in [0, 0.05) is 25.7 Å². The lowest BCUT2D eigenvalue weighted by molar-refractivity contribution is -0.161. The summed E-state index contributed by atoms with van der Waals surface area (Å²) in [6.07, 6.45) is 65.5. The number of ether oxygens (including phenoxy) is 4. The molecule has 0 aromatic carbocycles. The van der Waals surface area contributed by atoms with Crippen LogP contribution in [-0.4, -0.2) is 96.7 Å². The van der Waals surface area contributed by atoms with Crippen LogP contribution in [0.25, 0.3) is 0 Å². The zero-order valence-corrected chi connectivity index (χ0v) is 63.4. The van der Waals surface area contributed by atoms with Gasteiger partial charge >= 0.3 is 39.5 Å². The normalized spacial score (nSPS) is 14.1. The standard InChI is InChI=1S/C77H144O17P2/c1-5-9-13-17-21-25-29-33-35-39-42-46-50-54-58-62-75(80)88-68-73(94-77(82)64-60-56-52-48-44-40-36-34-30-26-22-18-14-10-6-2)70-92-96(85,86)90-66-71(78)65-89-95(83,84)91-69-72(93-76(81)63-59-55-51-47-43-38-32-28-24-20-16-12-8-4)67-87-74(79)61-57-53-49-45-41-37-31-27-23-19-15-11-7-3/h9,13,21,25,33,35,71-73,78H,5-8,10-12,14-20,22-24,26-32,34,36-70H2,1-4H3,(H,83,84)(H,85,86)/b13-9-,25-21-,35-33-. The maximum Gasteiger partial charge on any atom is 0.472 e. The Morgan fingerprint density at radius 3 is 0.833 bits per heavy atom. The molecule has 0 saturated carbocycles. The molecular formula is C77H144O17P2. The molecule has 5 unspecified atom stereocenters. The number of hydrogen-bond acceptors (Lipinski definition) is 15. The number of rotatable bonds is 75. The van der Waals surface area contributed by atoms with E-state index in [4.69, 9.17) is 37.0 Å². The van der Waals surface area contributed by atoms with Crippen LogP contribution in [0, 0.1) is 0 Å². The number of carbonyl (C=O) groups is 4. The first-order valence-corrected chi connectivity index (χ1v) is 42.2. The van der Waals surface area contributed by atoms with Crippen LogP contribution in [0.1, 0.15) is 374 Å². The number of allylic oxidation sites excluding steroid dienone is 6. The first-order chi connectivity index (χ1) is 46.7. The van der Waals surface area contributed by atoms with Crippen LogP contribution in [0.5, 0.6) is 0 Å². The summed E-state index contributed by atoms with van der Waals surface area (Å²) in [6, 6.07) is 0. The third-order valence-corrected chi connectivity index (χ3v) is 19.1. The van der Waals surface area contributed by atoms with Gasteiger partial charge in [-0.3, -0.25) is 37.3 Å². The van der Waals surface area contributed by atoms with Crippen molar-refractivity contribution in [1.29, 1.82) is 0 Å². The van der Waals surface area contributed by atoms with Crippen LogP contribution in [0.4, 0.5) is 0 Å². The van der Waals surface area contributed by atoms with Crippen LogP contribution in [0.15, 0.2) is 36.5 Å². The fraction of sp³-hybridized carbons (Fsp3) is 0.870. The number of esters is 4. The zero-order valence-electron chi connectivity index (χ0n) is 61.6. The van der Waals surface area contributed by atoms with Crippen LogP contribution in [-0.2, 0) is 65.4 Å². The third-order valence-electron chi connectivity index (χ3n) is 17.1. The van der Waals surface area contributed by atoms with E-state index in [1.54, 1.807) is 0 Å². The predicted molar refractivity (Wildman–Crippen MR) is 391 cm³/mol. The van der Waals surface area contributed by atoms with Gasteiger partial charge in [0.1, 0.15) is 19.3 Å². The molecule has 0 aromatic rings. The van der Waals surface area contributed by atoms with Gasteiger partial charge in [-0.15, -0.1) is 0 Å². The van der Waals surface area contributed by atoms with E-state index in [0.717, 1.165) is 122 Å². The number of carbonyl (C=O) groups excluding carboxylic acids is 4. The lowest BCUT2D eigenvalue weighted by atomic mass is 10.0. The highest BCUT2D eigenvalue weighted by Gasteiger charge is 2.30. The van der Waals surface area contributed by atoms with E-state index in [9.17, 15) is 43.2 Å². The molecule has 0 heterocycles. The van der Waals surface area contributed by atoms with E-state index >= 15 is 0 Å². The van der Waals surface area contributed by atoms with Crippen molar-refractivity contribution < 1.29 is 80.2 Å². The van der Waals surface area contributed by atoms with Gasteiger partial charge in [0.25, 0.3) is 0 Å². The number of hydrogen-bond donors (Lipinski definition) is 3. The molecule has 0 saturated heterocycles. The molecule has 3 N–H and O–H groups in total. The number of unbranched alkanes of at least 4 members (excludes halogenated alkanes) is 43. The average Bonchev–Trinajstić information content (AvgIpc) is 1.36. The van der Waals surface area contributed by atoms with Crippen LogP contribution in [0.3, 0.4) is 0 Å². The quantitative estimate of drug-likeness (QED) is 0.0169. The summed E-state index contributed by atoms with van der Waals surface area (Å²) in [5, 5.41) is 10.6. The van der Waals surface area contributed by atoms with Crippen molar-refractivity contribution in [2.45, 2.75) is 393 Å². The van der Waals surface area contributed by atoms with Crippen LogP contribution < -0.4 is 0 Å². The van der Waals surface area contributed by atoms with Crippen molar-refractivity contribution in [3.05, 3.63) is 36.5 Å². The van der Waals surface area contributed by atoms with E-state index in [1.807, 2.05) is 0 Å². The molecule has 5 atom stereocenters. The summed E-state index contributed by atoms with van der Waals surface area (Å²) in [6.45, 7) is 4.84. The highest BCUT2D eigenvalue weighted by atomic mass is 31.2. The molecule has 0 bridgehead atoms. The minimum atomic E-state index is -4.97. The lowest BCUT2D eigenvalue weighted by Gasteiger charge is -2.21. The average molecular weight is 1400 g/mol. The Kier molecular flexibility index (Phi) is 68.7. The summed E-state index contributed by atoms with van der Waals surface area (Å²) in [5.74, 6) is -2.14. The Labute approximate surface area is 585 Å². The first kappa shape index (κ1) is 93.3. The van der Waals surface area contributed by atoms with Gasteiger partial charge in [0.05, 0.1) is 26.4 Å². The van der Waals surface area contributed by atoms with E-state index in [2.05, 4.69) is 64.2 Å². The second-order valence-electron chi connectivity index (χ2n) is 26.6. The second kappa shape index (κ2) is 70.7. The number of aliphatic hydroxyl groups excluding tert-OH is 1. The Hall–Kier alpha value is -2.72. The fourth-order valence-corrected chi connectivity index (χ4v) is 12.8. The molecule has 564 valence electrons.